The average Bonchev–Trinajstić information content (AvgIpc) is 2.46. The van der Waals surface area contributed by atoms with Crippen molar-refractivity contribution in [3.8, 4) is 11.5 Å². The largest absolute Gasteiger partial charge is 0.497 e. The lowest BCUT2D eigenvalue weighted by Gasteiger charge is -2.20. The lowest BCUT2D eigenvalue weighted by molar-refractivity contribution is -0.134. The smallest absolute Gasteiger partial charge is 0.330 e. The van der Waals surface area contributed by atoms with Crippen molar-refractivity contribution in [1.29, 1.82) is 0 Å². The van der Waals surface area contributed by atoms with Crippen LogP contribution in [-0.4, -0.2) is 38.5 Å². The van der Waals surface area contributed by atoms with Crippen LogP contribution in [0, 0.1) is 0 Å². The number of benzene rings is 1. The number of hydrogen-bond acceptors (Lipinski definition) is 5. The van der Waals surface area contributed by atoms with Crippen molar-refractivity contribution in [3.05, 3.63) is 35.9 Å². The molecule has 1 N–H and O–H groups in total. The second kappa shape index (κ2) is 7.55. The maximum atomic E-state index is 11.2. The van der Waals surface area contributed by atoms with Crippen LogP contribution in [0.25, 0.3) is 0 Å². The van der Waals surface area contributed by atoms with E-state index in [1.807, 2.05) is 0 Å². The van der Waals surface area contributed by atoms with Crippen molar-refractivity contribution in [3.63, 3.8) is 0 Å². The summed E-state index contributed by atoms with van der Waals surface area (Å²) >= 11 is 0. The van der Waals surface area contributed by atoms with E-state index in [9.17, 15) is 9.90 Å². The molecule has 1 aromatic carbocycles. The molecular formula is C15H20O5. The van der Waals surface area contributed by atoms with E-state index in [0.717, 1.165) is 5.56 Å². The maximum absolute atomic E-state index is 11.2. The molecule has 0 bridgehead atoms. The Morgan fingerprint density at radius 2 is 1.95 bits per heavy atom. The molecule has 5 nitrogen and oxygen atoms in total. The van der Waals surface area contributed by atoms with Gasteiger partial charge in [-0.15, -0.1) is 0 Å². The van der Waals surface area contributed by atoms with E-state index < -0.39 is 18.0 Å². The minimum absolute atomic E-state index is 0.404. The Balaban J connectivity index is 3.19. The molecule has 20 heavy (non-hydrogen) atoms. The van der Waals surface area contributed by atoms with Gasteiger partial charge in [-0.3, -0.25) is 0 Å². The Kier molecular flexibility index (Phi) is 6.06. The standard InChI is InChI=1S/C15H20O5/c1-10(16)12(6-8-15(17)20-4)13-9-11(18-2)5-7-14(13)19-3/h5-10,12,16H,1-4H3/b8-6+/t10-,12+/m1/s1. The maximum Gasteiger partial charge on any atom is 0.330 e. The lowest BCUT2D eigenvalue weighted by atomic mass is 9.92. The highest BCUT2D eigenvalue weighted by Gasteiger charge is 2.20. The van der Waals surface area contributed by atoms with E-state index >= 15 is 0 Å². The molecule has 0 fully saturated rings. The number of carbonyl (C=O) groups is 1. The van der Waals surface area contributed by atoms with Crippen molar-refractivity contribution >= 4 is 5.97 Å². The number of ether oxygens (including phenoxy) is 3. The van der Waals surface area contributed by atoms with Gasteiger partial charge in [-0.25, -0.2) is 4.79 Å². The van der Waals surface area contributed by atoms with Gasteiger partial charge < -0.3 is 19.3 Å². The first-order chi connectivity index (χ1) is 9.53. The Labute approximate surface area is 118 Å². The van der Waals surface area contributed by atoms with Gasteiger partial charge in [0.25, 0.3) is 0 Å². The summed E-state index contributed by atoms with van der Waals surface area (Å²) in [6, 6.07) is 5.30. The van der Waals surface area contributed by atoms with E-state index in [1.54, 1.807) is 45.4 Å². The molecule has 0 radical (unpaired) electrons. The van der Waals surface area contributed by atoms with E-state index in [0.29, 0.717) is 11.5 Å². The van der Waals surface area contributed by atoms with Crippen molar-refractivity contribution in [2.45, 2.75) is 18.9 Å². The van der Waals surface area contributed by atoms with Crippen LogP contribution >= 0.6 is 0 Å². The van der Waals surface area contributed by atoms with E-state index in [1.165, 1.54) is 13.2 Å². The molecule has 0 aliphatic heterocycles. The fourth-order valence-corrected chi connectivity index (χ4v) is 1.87. The van der Waals surface area contributed by atoms with Gasteiger partial charge >= 0.3 is 5.97 Å². The number of rotatable bonds is 6. The zero-order valence-electron chi connectivity index (χ0n) is 12.1. The number of esters is 1. The molecule has 0 spiro atoms. The molecular weight excluding hydrogens is 260 g/mol. The molecule has 0 amide bonds. The summed E-state index contributed by atoms with van der Waals surface area (Å²) in [5, 5.41) is 9.93. The molecule has 1 aromatic rings. The van der Waals surface area contributed by atoms with Gasteiger partial charge in [0, 0.05) is 17.6 Å². The van der Waals surface area contributed by atoms with E-state index in [2.05, 4.69) is 4.74 Å². The van der Waals surface area contributed by atoms with Crippen LogP contribution in [0.4, 0.5) is 0 Å². The predicted molar refractivity (Wildman–Crippen MR) is 75.1 cm³/mol. The van der Waals surface area contributed by atoms with Crippen LogP contribution in [0.1, 0.15) is 18.4 Å². The SMILES string of the molecule is COC(=O)/C=C/[C@H](c1cc(OC)ccc1OC)[C@@H](C)O. The molecule has 5 heteroatoms. The van der Waals surface area contributed by atoms with Gasteiger partial charge in [0.15, 0.2) is 0 Å². The van der Waals surface area contributed by atoms with Crippen molar-refractivity contribution in [1.82, 2.24) is 0 Å². The third-order valence-electron chi connectivity index (χ3n) is 2.96. The third kappa shape index (κ3) is 3.99. The Morgan fingerprint density at radius 3 is 2.45 bits per heavy atom. The predicted octanol–water partition coefficient (Wildman–Crippen LogP) is 1.90. The Hall–Kier alpha value is -2.01. The third-order valence-corrected chi connectivity index (χ3v) is 2.96. The number of aliphatic hydroxyl groups excluding tert-OH is 1. The van der Waals surface area contributed by atoms with Crippen LogP contribution < -0.4 is 9.47 Å². The summed E-state index contributed by atoms with van der Waals surface area (Å²) in [5.41, 5.74) is 0.738. The van der Waals surface area contributed by atoms with Gasteiger partial charge in [-0.1, -0.05) is 6.08 Å². The highest BCUT2D eigenvalue weighted by molar-refractivity contribution is 5.82. The lowest BCUT2D eigenvalue weighted by Crippen LogP contribution is -2.14. The molecule has 0 aliphatic rings. The fraction of sp³-hybridized carbons (Fsp3) is 0.400. The zero-order valence-corrected chi connectivity index (χ0v) is 12.1. The van der Waals surface area contributed by atoms with Crippen molar-refractivity contribution < 1.29 is 24.1 Å². The molecule has 0 aromatic heterocycles. The van der Waals surface area contributed by atoms with Gasteiger partial charge in [-0.05, 0) is 25.1 Å². The quantitative estimate of drug-likeness (QED) is 0.637. The summed E-state index contributed by atoms with van der Waals surface area (Å²) < 4.78 is 15.0. The number of methoxy groups -OCH3 is 3. The number of carbonyl (C=O) groups excluding carboxylic acids is 1. The average molecular weight is 280 g/mol. The van der Waals surface area contributed by atoms with Gasteiger partial charge in [0.05, 0.1) is 27.4 Å². The summed E-state index contributed by atoms with van der Waals surface area (Å²) in [6.07, 6.45) is 2.18. The summed E-state index contributed by atoms with van der Waals surface area (Å²) in [5.74, 6) is 0.390. The molecule has 0 saturated heterocycles. The van der Waals surface area contributed by atoms with Crippen molar-refractivity contribution in [2.24, 2.45) is 0 Å². The second-order valence-corrected chi connectivity index (χ2v) is 4.26. The molecule has 1 rings (SSSR count). The van der Waals surface area contributed by atoms with Crippen molar-refractivity contribution in [2.75, 3.05) is 21.3 Å². The first-order valence-electron chi connectivity index (χ1n) is 6.19. The Morgan fingerprint density at radius 1 is 1.25 bits per heavy atom. The molecule has 0 unspecified atom stereocenters. The summed E-state index contributed by atoms with van der Waals surface area (Å²) in [4.78, 5) is 11.2. The van der Waals surface area contributed by atoms with Crippen LogP contribution in [0.2, 0.25) is 0 Å². The van der Waals surface area contributed by atoms with Gasteiger partial charge in [0.2, 0.25) is 0 Å². The normalized spacial score (nSPS) is 13.8. The fourth-order valence-electron chi connectivity index (χ4n) is 1.87. The van der Waals surface area contributed by atoms with E-state index in [-0.39, 0.29) is 0 Å². The Bertz CT molecular complexity index is 479. The molecule has 110 valence electrons. The van der Waals surface area contributed by atoms with Crippen LogP contribution in [0.5, 0.6) is 11.5 Å². The number of hydrogen-bond donors (Lipinski definition) is 1. The van der Waals surface area contributed by atoms with E-state index in [4.69, 9.17) is 9.47 Å². The number of aliphatic hydroxyl groups is 1. The highest BCUT2D eigenvalue weighted by atomic mass is 16.5. The van der Waals surface area contributed by atoms with Crippen LogP contribution in [-0.2, 0) is 9.53 Å². The van der Waals surface area contributed by atoms with Crippen LogP contribution in [0.3, 0.4) is 0 Å². The first-order valence-corrected chi connectivity index (χ1v) is 6.19. The van der Waals surface area contributed by atoms with Crippen LogP contribution in [0.15, 0.2) is 30.4 Å². The molecule has 0 saturated carbocycles. The molecule has 0 aliphatic carbocycles. The second-order valence-electron chi connectivity index (χ2n) is 4.26. The molecule has 2 atom stereocenters. The highest BCUT2D eigenvalue weighted by Crippen LogP contribution is 2.33. The summed E-state index contributed by atoms with van der Waals surface area (Å²) in [7, 11) is 4.41. The van der Waals surface area contributed by atoms with Gasteiger partial charge in [-0.2, -0.15) is 0 Å². The minimum atomic E-state index is -0.697. The molecule has 0 heterocycles. The van der Waals surface area contributed by atoms with Gasteiger partial charge in [0.1, 0.15) is 11.5 Å². The monoisotopic (exact) mass is 280 g/mol. The minimum Gasteiger partial charge on any atom is -0.497 e. The summed E-state index contributed by atoms with van der Waals surface area (Å²) in [6.45, 7) is 1.64. The topological polar surface area (TPSA) is 65.0 Å². The first kappa shape index (κ1) is 16.0. The zero-order chi connectivity index (χ0) is 15.1.